The Morgan fingerprint density at radius 1 is 1.26 bits per heavy atom. The van der Waals surface area contributed by atoms with E-state index in [0.717, 1.165) is 20.7 Å². The Labute approximate surface area is 118 Å². The second kappa shape index (κ2) is 4.87. The molecule has 2 nitrogen and oxygen atoms in total. The topological polar surface area (TPSA) is 25.8 Å². The highest BCUT2D eigenvalue weighted by molar-refractivity contribution is 7.18. The first-order chi connectivity index (χ1) is 9.11. The zero-order chi connectivity index (χ0) is 13.4. The monoisotopic (exact) mass is 292 g/mol. The van der Waals surface area contributed by atoms with E-state index in [1.807, 2.05) is 19.1 Å². The molecule has 3 aromatic rings. The molecular weight excluding hydrogens is 283 g/mol. The minimum Gasteiger partial charge on any atom is -0.222 e. The van der Waals surface area contributed by atoms with Crippen LogP contribution < -0.4 is 0 Å². The highest BCUT2D eigenvalue weighted by Gasteiger charge is 2.09. The molecular formula is C14H10ClFN2S. The quantitative estimate of drug-likeness (QED) is 0.655. The smallest absolute Gasteiger partial charge is 0.141 e. The molecule has 1 aromatic carbocycles. The van der Waals surface area contributed by atoms with Gasteiger partial charge in [0.15, 0.2) is 0 Å². The van der Waals surface area contributed by atoms with Gasteiger partial charge < -0.3 is 0 Å². The first kappa shape index (κ1) is 12.5. The second-order valence-electron chi connectivity index (χ2n) is 4.31. The van der Waals surface area contributed by atoms with Crippen molar-refractivity contribution in [3.8, 4) is 0 Å². The SMILES string of the molecule is Cc1cc2c(Cl)nc(Cc3cccc(F)c3)nc2s1. The number of aromatic nitrogens is 2. The van der Waals surface area contributed by atoms with Crippen molar-refractivity contribution in [3.05, 3.63) is 57.6 Å². The summed E-state index contributed by atoms with van der Waals surface area (Å²) in [7, 11) is 0. The molecule has 3 rings (SSSR count). The van der Waals surface area contributed by atoms with Crippen molar-refractivity contribution < 1.29 is 4.39 Å². The van der Waals surface area contributed by atoms with Crippen LogP contribution in [0, 0.1) is 12.7 Å². The molecule has 0 N–H and O–H groups in total. The standard InChI is InChI=1S/C14H10ClFN2S/c1-8-5-11-13(15)17-12(18-14(11)19-8)7-9-3-2-4-10(16)6-9/h2-6H,7H2,1H3. The Hall–Kier alpha value is -1.52. The number of fused-ring (bicyclic) bond motifs is 1. The fraction of sp³-hybridized carbons (Fsp3) is 0.143. The molecule has 19 heavy (non-hydrogen) atoms. The number of nitrogens with zero attached hydrogens (tertiary/aromatic N) is 2. The van der Waals surface area contributed by atoms with Crippen molar-refractivity contribution >= 4 is 33.2 Å². The van der Waals surface area contributed by atoms with Crippen molar-refractivity contribution in [3.63, 3.8) is 0 Å². The molecule has 0 unspecified atom stereocenters. The van der Waals surface area contributed by atoms with Crippen LogP contribution in [-0.2, 0) is 6.42 Å². The summed E-state index contributed by atoms with van der Waals surface area (Å²) in [5, 5.41) is 1.34. The third-order valence-electron chi connectivity index (χ3n) is 2.77. The lowest BCUT2D eigenvalue weighted by Crippen LogP contribution is -1.97. The molecule has 0 radical (unpaired) electrons. The summed E-state index contributed by atoms with van der Waals surface area (Å²) in [6.45, 7) is 2.01. The molecule has 0 saturated carbocycles. The normalized spacial score (nSPS) is 11.1. The number of aryl methyl sites for hydroxylation is 1. The molecule has 2 aromatic heterocycles. The van der Waals surface area contributed by atoms with Gasteiger partial charge in [-0.2, -0.15) is 0 Å². The van der Waals surface area contributed by atoms with Crippen LogP contribution in [0.1, 0.15) is 16.3 Å². The molecule has 5 heteroatoms. The number of thiophene rings is 1. The van der Waals surface area contributed by atoms with Crippen LogP contribution in [0.4, 0.5) is 4.39 Å². The van der Waals surface area contributed by atoms with Crippen molar-refractivity contribution in [2.45, 2.75) is 13.3 Å². The van der Waals surface area contributed by atoms with E-state index in [2.05, 4.69) is 9.97 Å². The summed E-state index contributed by atoms with van der Waals surface area (Å²) >= 11 is 7.74. The van der Waals surface area contributed by atoms with Crippen LogP contribution in [0.5, 0.6) is 0 Å². The number of hydrogen-bond donors (Lipinski definition) is 0. The maximum atomic E-state index is 13.1. The molecule has 2 heterocycles. The number of halogens is 2. The van der Waals surface area contributed by atoms with Crippen molar-refractivity contribution in [1.82, 2.24) is 9.97 Å². The van der Waals surface area contributed by atoms with Crippen LogP contribution in [0.2, 0.25) is 5.15 Å². The van der Waals surface area contributed by atoms with Gasteiger partial charge in [-0.1, -0.05) is 23.7 Å². The molecule has 0 spiro atoms. The summed E-state index contributed by atoms with van der Waals surface area (Å²) in [6.07, 6.45) is 0.477. The van der Waals surface area contributed by atoms with E-state index in [-0.39, 0.29) is 5.82 Å². The Morgan fingerprint density at radius 2 is 2.11 bits per heavy atom. The van der Waals surface area contributed by atoms with Gasteiger partial charge >= 0.3 is 0 Å². The van der Waals surface area contributed by atoms with Gasteiger partial charge in [0.25, 0.3) is 0 Å². The van der Waals surface area contributed by atoms with E-state index in [1.165, 1.54) is 12.1 Å². The Balaban J connectivity index is 2.01. The zero-order valence-corrected chi connectivity index (χ0v) is 11.7. The molecule has 96 valence electrons. The van der Waals surface area contributed by atoms with Gasteiger partial charge in [-0.05, 0) is 30.7 Å². The molecule has 0 aliphatic carbocycles. The van der Waals surface area contributed by atoms with Crippen LogP contribution in [0.15, 0.2) is 30.3 Å². The first-order valence-corrected chi connectivity index (χ1v) is 6.98. The number of benzene rings is 1. The van der Waals surface area contributed by atoms with Gasteiger partial charge in [-0.15, -0.1) is 11.3 Å². The van der Waals surface area contributed by atoms with Crippen molar-refractivity contribution in [1.29, 1.82) is 0 Å². The van der Waals surface area contributed by atoms with E-state index in [1.54, 1.807) is 17.4 Å². The third kappa shape index (κ3) is 2.60. The zero-order valence-electron chi connectivity index (χ0n) is 10.2. The van der Waals surface area contributed by atoms with E-state index in [0.29, 0.717) is 17.4 Å². The lowest BCUT2D eigenvalue weighted by molar-refractivity contribution is 0.626. The number of hydrogen-bond acceptors (Lipinski definition) is 3. The lowest BCUT2D eigenvalue weighted by atomic mass is 10.1. The summed E-state index contributed by atoms with van der Waals surface area (Å²) in [4.78, 5) is 10.8. The van der Waals surface area contributed by atoms with Gasteiger partial charge in [0, 0.05) is 16.7 Å². The van der Waals surface area contributed by atoms with Crippen LogP contribution in [0.3, 0.4) is 0 Å². The fourth-order valence-corrected chi connectivity index (χ4v) is 3.15. The maximum absolute atomic E-state index is 13.1. The van der Waals surface area contributed by atoms with Gasteiger partial charge in [0.2, 0.25) is 0 Å². The molecule has 0 amide bonds. The van der Waals surface area contributed by atoms with E-state index in [9.17, 15) is 4.39 Å². The average molecular weight is 293 g/mol. The minimum atomic E-state index is -0.253. The highest BCUT2D eigenvalue weighted by Crippen LogP contribution is 2.28. The van der Waals surface area contributed by atoms with Crippen LogP contribution in [0.25, 0.3) is 10.2 Å². The van der Waals surface area contributed by atoms with Gasteiger partial charge in [0.05, 0.1) is 0 Å². The number of rotatable bonds is 2. The third-order valence-corrected chi connectivity index (χ3v) is 4.00. The van der Waals surface area contributed by atoms with E-state index in [4.69, 9.17) is 11.6 Å². The summed E-state index contributed by atoms with van der Waals surface area (Å²) < 4.78 is 13.1. The summed E-state index contributed by atoms with van der Waals surface area (Å²) in [5.74, 6) is 0.363. The lowest BCUT2D eigenvalue weighted by Gasteiger charge is -2.02. The molecule has 0 saturated heterocycles. The first-order valence-electron chi connectivity index (χ1n) is 5.79. The van der Waals surface area contributed by atoms with E-state index < -0.39 is 0 Å². The van der Waals surface area contributed by atoms with Gasteiger partial charge in [-0.3, -0.25) is 0 Å². The van der Waals surface area contributed by atoms with Crippen molar-refractivity contribution in [2.75, 3.05) is 0 Å². The van der Waals surface area contributed by atoms with Gasteiger partial charge in [-0.25, -0.2) is 14.4 Å². The Bertz CT molecular complexity index is 754. The predicted molar refractivity (Wildman–Crippen MR) is 76.4 cm³/mol. The Morgan fingerprint density at radius 3 is 2.89 bits per heavy atom. The molecule has 0 aliphatic heterocycles. The summed E-state index contributed by atoms with van der Waals surface area (Å²) in [5.41, 5.74) is 0.837. The second-order valence-corrected chi connectivity index (χ2v) is 5.91. The average Bonchev–Trinajstić information content (AvgIpc) is 2.70. The molecule has 0 bridgehead atoms. The molecule has 0 atom stereocenters. The summed E-state index contributed by atoms with van der Waals surface area (Å²) in [6, 6.07) is 8.42. The van der Waals surface area contributed by atoms with Gasteiger partial charge in [0.1, 0.15) is 21.6 Å². The van der Waals surface area contributed by atoms with Crippen LogP contribution in [-0.4, -0.2) is 9.97 Å². The molecule has 0 fully saturated rings. The van der Waals surface area contributed by atoms with E-state index >= 15 is 0 Å². The fourth-order valence-electron chi connectivity index (χ4n) is 1.96. The van der Waals surface area contributed by atoms with Crippen LogP contribution >= 0.6 is 22.9 Å². The van der Waals surface area contributed by atoms with Crippen molar-refractivity contribution in [2.24, 2.45) is 0 Å². The highest BCUT2D eigenvalue weighted by atomic mass is 35.5. The Kier molecular flexibility index (Phi) is 3.21. The largest absolute Gasteiger partial charge is 0.222 e. The minimum absolute atomic E-state index is 0.253. The molecule has 0 aliphatic rings. The predicted octanol–water partition coefficient (Wildman–Crippen LogP) is 4.38. The maximum Gasteiger partial charge on any atom is 0.141 e.